The molecule has 3 aromatic rings. The first-order valence-electron chi connectivity index (χ1n) is 6.81. The predicted molar refractivity (Wildman–Crippen MR) is 87.0 cm³/mol. The van der Waals surface area contributed by atoms with E-state index in [0.717, 1.165) is 16.0 Å². The Bertz CT molecular complexity index is 786. The van der Waals surface area contributed by atoms with E-state index in [1.165, 1.54) is 0 Å². The molecular weight excluding hydrogens is 348 g/mol. The molecule has 1 aromatic carbocycles. The summed E-state index contributed by atoms with van der Waals surface area (Å²) in [5.74, 6) is 2.24. The Morgan fingerprint density at radius 2 is 1.82 bits per heavy atom. The Hall–Kier alpha value is -2.28. The molecule has 0 aliphatic carbocycles. The molecule has 3 rings (SSSR count). The van der Waals surface area contributed by atoms with Gasteiger partial charge in [0, 0.05) is 10.7 Å². The minimum Gasteiger partial charge on any atom is -0.494 e. The molecule has 0 amide bonds. The van der Waals surface area contributed by atoms with Crippen LogP contribution in [0, 0.1) is 0 Å². The van der Waals surface area contributed by atoms with E-state index < -0.39 is 0 Å². The number of halogens is 1. The number of anilines is 1. The maximum atomic E-state index is 5.91. The largest absolute Gasteiger partial charge is 0.494 e. The smallest absolute Gasteiger partial charge is 0.184 e. The molecule has 114 valence electrons. The number of fused-ring (bicyclic) bond motifs is 1. The Kier molecular flexibility index (Phi) is 4.15. The monoisotopic (exact) mass is 362 g/mol. The van der Waals surface area contributed by atoms with Crippen LogP contribution in [0.3, 0.4) is 0 Å². The highest BCUT2D eigenvalue weighted by Crippen LogP contribution is 2.21. The summed E-state index contributed by atoms with van der Waals surface area (Å²) in [6.07, 6.45) is 1.86. The van der Waals surface area contributed by atoms with Gasteiger partial charge >= 0.3 is 0 Å². The first kappa shape index (κ1) is 14.6. The van der Waals surface area contributed by atoms with Crippen LogP contribution in [-0.4, -0.2) is 21.2 Å². The SMILES string of the molecule is CCOc1ccc(OCc2nnc3c(N)cc(Br)cn23)cc1. The number of hydrogen-bond acceptors (Lipinski definition) is 5. The molecule has 2 heterocycles. The molecule has 2 N–H and O–H groups in total. The Morgan fingerprint density at radius 1 is 1.14 bits per heavy atom. The van der Waals surface area contributed by atoms with Crippen molar-refractivity contribution >= 4 is 27.3 Å². The highest BCUT2D eigenvalue weighted by Gasteiger charge is 2.09. The molecule has 0 atom stereocenters. The lowest BCUT2D eigenvalue weighted by Gasteiger charge is -2.07. The maximum Gasteiger partial charge on any atom is 0.184 e. The van der Waals surface area contributed by atoms with Gasteiger partial charge < -0.3 is 15.2 Å². The minimum atomic E-state index is 0.297. The number of nitrogen functional groups attached to an aromatic ring is 1. The zero-order chi connectivity index (χ0) is 15.5. The highest BCUT2D eigenvalue weighted by molar-refractivity contribution is 9.10. The van der Waals surface area contributed by atoms with Gasteiger partial charge in [0.25, 0.3) is 0 Å². The quantitative estimate of drug-likeness (QED) is 0.754. The van der Waals surface area contributed by atoms with E-state index in [0.29, 0.717) is 30.4 Å². The molecule has 0 radical (unpaired) electrons. The van der Waals surface area contributed by atoms with Gasteiger partial charge in [0.15, 0.2) is 11.5 Å². The fourth-order valence-electron chi connectivity index (χ4n) is 2.07. The fraction of sp³-hybridized carbons (Fsp3) is 0.200. The van der Waals surface area contributed by atoms with Crippen LogP contribution in [0.4, 0.5) is 5.69 Å². The van der Waals surface area contributed by atoms with Crippen LogP contribution in [0.5, 0.6) is 11.5 Å². The fourth-order valence-corrected chi connectivity index (χ4v) is 2.53. The molecule has 0 saturated carbocycles. The van der Waals surface area contributed by atoms with Crippen molar-refractivity contribution in [2.45, 2.75) is 13.5 Å². The molecular formula is C15H15BrN4O2. The number of rotatable bonds is 5. The van der Waals surface area contributed by atoms with Crippen LogP contribution in [0.2, 0.25) is 0 Å². The predicted octanol–water partition coefficient (Wildman–Crippen LogP) is 3.05. The van der Waals surface area contributed by atoms with Crippen molar-refractivity contribution in [1.29, 1.82) is 0 Å². The second kappa shape index (κ2) is 6.23. The highest BCUT2D eigenvalue weighted by atomic mass is 79.9. The zero-order valence-electron chi connectivity index (χ0n) is 12.0. The van der Waals surface area contributed by atoms with E-state index in [9.17, 15) is 0 Å². The third kappa shape index (κ3) is 2.99. The van der Waals surface area contributed by atoms with Gasteiger partial charge in [-0.05, 0) is 53.2 Å². The summed E-state index contributed by atoms with van der Waals surface area (Å²) in [7, 11) is 0. The van der Waals surface area contributed by atoms with Crippen LogP contribution in [0.1, 0.15) is 12.7 Å². The summed E-state index contributed by atoms with van der Waals surface area (Å²) in [5, 5.41) is 8.20. The summed E-state index contributed by atoms with van der Waals surface area (Å²) in [6.45, 7) is 2.89. The van der Waals surface area contributed by atoms with E-state index in [1.807, 2.05) is 41.8 Å². The number of nitrogens with two attached hydrogens (primary N) is 1. The van der Waals surface area contributed by atoms with Gasteiger partial charge in [-0.15, -0.1) is 10.2 Å². The van der Waals surface area contributed by atoms with Gasteiger partial charge in [-0.2, -0.15) is 0 Å². The van der Waals surface area contributed by atoms with E-state index in [1.54, 1.807) is 6.07 Å². The topological polar surface area (TPSA) is 74.7 Å². The molecule has 0 aliphatic heterocycles. The van der Waals surface area contributed by atoms with Gasteiger partial charge in [0.05, 0.1) is 12.3 Å². The first-order valence-corrected chi connectivity index (χ1v) is 7.61. The summed E-state index contributed by atoms with van der Waals surface area (Å²) in [6, 6.07) is 9.25. The molecule has 0 unspecified atom stereocenters. The third-order valence-corrected chi connectivity index (χ3v) is 3.51. The van der Waals surface area contributed by atoms with Gasteiger partial charge in [-0.3, -0.25) is 4.40 Å². The molecule has 22 heavy (non-hydrogen) atoms. The number of hydrogen-bond donors (Lipinski definition) is 1. The second-order valence-corrected chi connectivity index (χ2v) is 5.53. The van der Waals surface area contributed by atoms with Crippen molar-refractivity contribution in [3.05, 3.63) is 46.8 Å². The van der Waals surface area contributed by atoms with Crippen LogP contribution in [-0.2, 0) is 6.61 Å². The summed E-state index contributed by atoms with van der Waals surface area (Å²) < 4.78 is 13.8. The van der Waals surface area contributed by atoms with Crippen molar-refractivity contribution in [1.82, 2.24) is 14.6 Å². The standard InChI is InChI=1S/C15H15BrN4O2/c1-2-21-11-3-5-12(6-4-11)22-9-14-18-19-15-13(17)7-10(16)8-20(14)15/h3-8H,2,9,17H2,1H3. The molecule has 0 aliphatic rings. The van der Waals surface area contributed by atoms with E-state index in [2.05, 4.69) is 26.1 Å². The van der Waals surface area contributed by atoms with Gasteiger partial charge in [0.2, 0.25) is 0 Å². The Labute approximate surface area is 136 Å². The Balaban J connectivity index is 1.76. The Morgan fingerprint density at radius 3 is 2.50 bits per heavy atom. The third-order valence-electron chi connectivity index (χ3n) is 3.07. The normalized spacial score (nSPS) is 10.8. The van der Waals surface area contributed by atoms with Gasteiger partial charge in [-0.25, -0.2) is 0 Å². The minimum absolute atomic E-state index is 0.297. The summed E-state index contributed by atoms with van der Waals surface area (Å²) in [5.41, 5.74) is 7.10. The van der Waals surface area contributed by atoms with Crippen LogP contribution < -0.4 is 15.2 Å². The van der Waals surface area contributed by atoms with Crippen molar-refractivity contribution in [2.24, 2.45) is 0 Å². The average molecular weight is 363 g/mol. The second-order valence-electron chi connectivity index (χ2n) is 4.62. The number of nitrogens with zero attached hydrogens (tertiary/aromatic N) is 3. The average Bonchev–Trinajstić information content (AvgIpc) is 2.90. The molecule has 0 spiro atoms. The van der Waals surface area contributed by atoms with Crippen LogP contribution >= 0.6 is 15.9 Å². The van der Waals surface area contributed by atoms with E-state index in [-0.39, 0.29) is 0 Å². The van der Waals surface area contributed by atoms with Crippen molar-refractivity contribution in [2.75, 3.05) is 12.3 Å². The maximum absolute atomic E-state index is 5.91. The number of benzene rings is 1. The van der Waals surface area contributed by atoms with Crippen LogP contribution in [0.15, 0.2) is 41.0 Å². The van der Waals surface area contributed by atoms with Crippen molar-refractivity contribution in [3.63, 3.8) is 0 Å². The van der Waals surface area contributed by atoms with Crippen molar-refractivity contribution in [3.8, 4) is 11.5 Å². The van der Waals surface area contributed by atoms with E-state index in [4.69, 9.17) is 15.2 Å². The molecule has 7 heteroatoms. The lowest BCUT2D eigenvalue weighted by atomic mass is 10.3. The lowest BCUT2D eigenvalue weighted by molar-refractivity contribution is 0.293. The molecule has 0 bridgehead atoms. The van der Waals surface area contributed by atoms with Gasteiger partial charge in [0.1, 0.15) is 18.1 Å². The van der Waals surface area contributed by atoms with E-state index >= 15 is 0 Å². The zero-order valence-corrected chi connectivity index (χ0v) is 13.6. The van der Waals surface area contributed by atoms with Crippen molar-refractivity contribution < 1.29 is 9.47 Å². The summed E-state index contributed by atoms with van der Waals surface area (Å²) in [4.78, 5) is 0. The number of ether oxygens (including phenoxy) is 2. The summed E-state index contributed by atoms with van der Waals surface area (Å²) >= 11 is 3.41. The molecule has 2 aromatic heterocycles. The first-order chi connectivity index (χ1) is 10.7. The van der Waals surface area contributed by atoms with Gasteiger partial charge in [-0.1, -0.05) is 0 Å². The molecule has 6 nitrogen and oxygen atoms in total. The number of pyridine rings is 1. The lowest BCUT2D eigenvalue weighted by Crippen LogP contribution is -2.02. The van der Waals surface area contributed by atoms with Crippen LogP contribution in [0.25, 0.3) is 5.65 Å². The number of aromatic nitrogens is 3. The molecule has 0 saturated heterocycles. The molecule has 0 fully saturated rings.